The molecule has 1 aromatic carbocycles. The highest BCUT2D eigenvalue weighted by Gasteiger charge is 2.45. The van der Waals surface area contributed by atoms with Crippen molar-refractivity contribution in [1.82, 2.24) is 19.8 Å². The van der Waals surface area contributed by atoms with E-state index in [0.717, 1.165) is 22.2 Å². The number of hydrogen-bond donors (Lipinski definition) is 1. The van der Waals surface area contributed by atoms with Crippen LogP contribution < -0.4 is 10.1 Å². The van der Waals surface area contributed by atoms with Crippen molar-refractivity contribution in [3.05, 3.63) is 77.9 Å². The molecule has 0 amide bonds. The first-order valence-corrected chi connectivity index (χ1v) is 11.4. The second-order valence-corrected chi connectivity index (χ2v) is 8.79. The van der Waals surface area contributed by atoms with Crippen molar-refractivity contribution in [3.63, 3.8) is 0 Å². The molecule has 3 heterocycles. The van der Waals surface area contributed by atoms with Crippen molar-refractivity contribution in [2.24, 2.45) is 0 Å². The molecule has 2 atom stereocenters. The van der Waals surface area contributed by atoms with E-state index in [2.05, 4.69) is 63.1 Å². The number of aromatic nitrogens is 2. The van der Waals surface area contributed by atoms with Gasteiger partial charge in [-0.1, -0.05) is 18.9 Å². The maximum atomic E-state index is 5.89. The molecule has 3 aromatic rings. The van der Waals surface area contributed by atoms with Crippen LogP contribution in [-0.2, 0) is 0 Å². The first-order valence-electron chi connectivity index (χ1n) is 11.0. The van der Waals surface area contributed by atoms with Crippen LogP contribution in [0.15, 0.2) is 60.8 Å². The number of benzene rings is 1. The maximum absolute atomic E-state index is 5.89. The second kappa shape index (κ2) is 8.35. The summed E-state index contributed by atoms with van der Waals surface area (Å²) in [5.41, 5.74) is 4.58. The lowest BCUT2D eigenvalue weighted by atomic mass is 9.99. The monoisotopic (exact) mass is 432 g/mol. The van der Waals surface area contributed by atoms with Crippen LogP contribution in [0.1, 0.15) is 54.8 Å². The standard InChI is InChI=1S/C25H28N4OS/c1-17-10-15-22(28(17)19-11-13-20(30-2)14-12-19)24-23(21-9-5-6-16-26-21)27-25(31)29(24)18-7-3-4-8-18/h5-6,9-16,18,23-24H,3-4,7-8H2,1-2H3,(H,27,31)/t23-,24-/m1/s1. The highest BCUT2D eigenvalue weighted by atomic mass is 32.1. The molecule has 1 saturated carbocycles. The molecule has 0 radical (unpaired) electrons. The Morgan fingerprint density at radius 3 is 2.48 bits per heavy atom. The van der Waals surface area contributed by atoms with Crippen LogP contribution in [0.5, 0.6) is 5.75 Å². The van der Waals surface area contributed by atoms with Gasteiger partial charge in [-0.25, -0.2) is 0 Å². The first kappa shape index (κ1) is 20.1. The van der Waals surface area contributed by atoms with Gasteiger partial charge in [0.2, 0.25) is 0 Å². The smallest absolute Gasteiger partial charge is 0.170 e. The maximum Gasteiger partial charge on any atom is 0.170 e. The van der Waals surface area contributed by atoms with Crippen LogP contribution in [0.2, 0.25) is 0 Å². The van der Waals surface area contributed by atoms with Gasteiger partial charge in [-0.2, -0.15) is 0 Å². The number of ether oxygens (including phenoxy) is 1. The van der Waals surface area contributed by atoms with Gasteiger partial charge in [0.15, 0.2) is 5.11 Å². The zero-order valence-electron chi connectivity index (χ0n) is 18.0. The number of methoxy groups -OCH3 is 1. The highest BCUT2D eigenvalue weighted by molar-refractivity contribution is 7.80. The Balaban J connectivity index is 1.63. The fraction of sp³-hybridized carbons (Fsp3) is 0.360. The summed E-state index contributed by atoms with van der Waals surface area (Å²) in [6.45, 7) is 2.16. The second-order valence-electron chi connectivity index (χ2n) is 8.41. The Kier molecular flexibility index (Phi) is 5.40. The van der Waals surface area contributed by atoms with E-state index < -0.39 is 0 Å². The largest absolute Gasteiger partial charge is 0.497 e. The molecule has 160 valence electrons. The summed E-state index contributed by atoms with van der Waals surface area (Å²) in [7, 11) is 1.70. The fourth-order valence-corrected chi connectivity index (χ4v) is 5.52. The summed E-state index contributed by atoms with van der Waals surface area (Å²) in [6.07, 6.45) is 6.78. The lowest BCUT2D eigenvalue weighted by Gasteiger charge is -2.33. The molecule has 1 aliphatic carbocycles. The van der Waals surface area contributed by atoms with Gasteiger partial charge < -0.3 is 19.5 Å². The molecule has 2 aliphatic rings. The van der Waals surface area contributed by atoms with E-state index in [1.54, 1.807) is 7.11 Å². The van der Waals surface area contributed by atoms with Gasteiger partial charge in [0.05, 0.1) is 24.9 Å². The van der Waals surface area contributed by atoms with Crippen molar-refractivity contribution in [2.75, 3.05) is 7.11 Å². The van der Waals surface area contributed by atoms with Gasteiger partial charge in [-0.15, -0.1) is 0 Å². The minimum Gasteiger partial charge on any atom is -0.497 e. The number of hydrogen-bond acceptors (Lipinski definition) is 3. The summed E-state index contributed by atoms with van der Waals surface area (Å²) < 4.78 is 7.71. The molecule has 2 fully saturated rings. The zero-order valence-corrected chi connectivity index (χ0v) is 18.8. The topological polar surface area (TPSA) is 42.3 Å². The summed E-state index contributed by atoms with van der Waals surface area (Å²) in [6, 6.07) is 19.4. The summed E-state index contributed by atoms with van der Waals surface area (Å²) in [4.78, 5) is 7.14. The van der Waals surface area contributed by atoms with E-state index in [9.17, 15) is 0 Å². The van der Waals surface area contributed by atoms with Crippen molar-refractivity contribution in [3.8, 4) is 11.4 Å². The average molecular weight is 433 g/mol. The average Bonchev–Trinajstić information content (AvgIpc) is 3.53. The molecule has 0 spiro atoms. The Morgan fingerprint density at radius 1 is 1.03 bits per heavy atom. The van der Waals surface area contributed by atoms with Gasteiger partial charge in [0.25, 0.3) is 0 Å². The SMILES string of the molecule is COc1ccc(-n2c(C)ccc2[C@@H]2[C@@H](c3ccccn3)NC(=S)N2C2CCCC2)cc1. The van der Waals surface area contributed by atoms with Crippen LogP contribution in [0, 0.1) is 6.92 Å². The Hall–Kier alpha value is -2.86. The van der Waals surface area contributed by atoms with Gasteiger partial charge in [0, 0.05) is 29.3 Å². The normalized spacial score (nSPS) is 21.5. The first-order chi connectivity index (χ1) is 15.2. The van der Waals surface area contributed by atoms with E-state index in [-0.39, 0.29) is 12.1 Å². The van der Waals surface area contributed by atoms with Crippen LogP contribution in [0.4, 0.5) is 0 Å². The number of nitrogens with zero attached hydrogens (tertiary/aromatic N) is 3. The molecule has 1 saturated heterocycles. The minimum absolute atomic E-state index is 0.0144. The Bertz CT molecular complexity index is 1060. The van der Waals surface area contributed by atoms with Crippen LogP contribution in [0.25, 0.3) is 5.69 Å². The van der Waals surface area contributed by atoms with Crippen molar-refractivity contribution >= 4 is 17.3 Å². The molecule has 1 aliphatic heterocycles. The minimum atomic E-state index is 0.0144. The molecule has 0 unspecified atom stereocenters. The van der Waals surface area contributed by atoms with Gasteiger partial charge in [-0.3, -0.25) is 4.98 Å². The van der Waals surface area contributed by atoms with Crippen molar-refractivity contribution in [1.29, 1.82) is 0 Å². The van der Waals surface area contributed by atoms with Crippen LogP contribution >= 0.6 is 12.2 Å². The van der Waals surface area contributed by atoms with Crippen LogP contribution in [-0.4, -0.2) is 32.7 Å². The van der Waals surface area contributed by atoms with Gasteiger partial charge >= 0.3 is 0 Å². The third-order valence-electron chi connectivity index (χ3n) is 6.59. The third kappa shape index (κ3) is 3.59. The Labute approximate surface area is 189 Å². The number of aryl methyl sites for hydroxylation is 1. The molecule has 2 aromatic heterocycles. The van der Waals surface area contributed by atoms with Gasteiger partial charge in [0.1, 0.15) is 5.75 Å². The van der Waals surface area contributed by atoms with E-state index in [0.29, 0.717) is 6.04 Å². The number of thiocarbonyl (C=S) groups is 1. The van der Waals surface area contributed by atoms with E-state index in [4.69, 9.17) is 17.0 Å². The molecular weight excluding hydrogens is 404 g/mol. The van der Waals surface area contributed by atoms with E-state index >= 15 is 0 Å². The summed E-state index contributed by atoms with van der Waals surface area (Å²) in [5.74, 6) is 0.859. The molecule has 6 heteroatoms. The fourth-order valence-electron chi connectivity index (χ4n) is 5.13. The lowest BCUT2D eigenvalue weighted by Crippen LogP contribution is -2.38. The number of pyridine rings is 1. The predicted molar refractivity (Wildman–Crippen MR) is 127 cm³/mol. The quantitative estimate of drug-likeness (QED) is 0.568. The van der Waals surface area contributed by atoms with Crippen molar-refractivity contribution < 1.29 is 4.74 Å². The zero-order chi connectivity index (χ0) is 21.4. The molecule has 0 bridgehead atoms. The summed E-state index contributed by atoms with van der Waals surface area (Å²) >= 11 is 5.89. The number of nitrogens with one attached hydrogen (secondary N) is 1. The molecule has 1 N–H and O–H groups in total. The molecule has 5 rings (SSSR count). The van der Waals surface area contributed by atoms with Crippen LogP contribution in [0.3, 0.4) is 0 Å². The molecule has 31 heavy (non-hydrogen) atoms. The number of rotatable bonds is 5. The summed E-state index contributed by atoms with van der Waals surface area (Å²) in [5, 5.41) is 4.45. The predicted octanol–water partition coefficient (Wildman–Crippen LogP) is 5.10. The molecule has 5 nitrogen and oxygen atoms in total. The van der Waals surface area contributed by atoms with E-state index in [1.165, 1.54) is 37.1 Å². The van der Waals surface area contributed by atoms with Gasteiger partial charge in [-0.05, 0) is 80.5 Å². The van der Waals surface area contributed by atoms with Crippen molar-refractivity contribution in [2.45, 2.75) is 50.7 Å². The molecular formula is C25H28N4OS. The third-order valence-corrected chi connectivity index (χ3v) is 6.92. The van der Waals surface area contributed by atoms with E-state index in [1.807, 2.05) is 24.4 Å². The Morgan fingerprint density at radius 2 is 1.81 bits per heavy atom. The lowest BCUT2D eigenvalue weighted by molar-refractivity contribution is 0.239. The highest BCUT2D eigenvalue weighted by Crippen LogP contribution is 2.43.